The van der Waals surface area contributed by atoms with E-state index in [1.807, 2.05) is 37.3 Å². The number of aromatic amines is 1. The van der Waals surface area contributed by atoms with Crippen LogP contribution < -0.4 is 10.9 Å². The molecular formula is C16H16N2O4. The Bertz CT molecular complexity index is 709. The van der Waals surface area contributed by atoms with E-state index in [0.717, 1.165) is 5.56 Å². The third-order valence-corrected chi connectivity index (χ3v) is 3.05. The fourth-order valence-electron chi connectivity index (χ4n) is 1.90. The standard InChI is InChI=1S/C16H16N2O4/c1-11(12-6-3-2-4-7-12)18-14(19)10-22-16(21)13-8-5-9-17-15(13)20/h2-9,11H,10H2,1H3,(H,17,20)(H,18,19)/t11-/m0/s1. The van der Waals surface area contributed by atoms with Crippen molar-refractivity contribution in [1.82, 2.24) is 10.3 Å². The van der Waals surface area contributed by atoms with E-state index in [4.69, 9.17) is 4.74 Å². The van der Waals surface area contributed by atoms with Crippen molar-refractivity contribution in [2.45, 2.75) is 13.0 Å². The minimum Gasteiger partial charge on any atom is -0.452 e. The maximum atomic E-state index is 11.8. The summed E-state index contributed by atoms with van der Waals surface area (Å²) in [6, 6.07) is 12.1. The van der Waals surface area contributed by atoms with E-state index in [9.17, 15) is 14.4 Å². The second-order valence-electron chi connectivity index (χ2n) is 4.69. The van der Waals surface area contributed by atoms with Gasteiger partial charge in [-0.1, -0.05) is 30.3 Å². The molecule has 6 nitrogen and oxygen atoms in total. The zero-order valence-corrected chi connectivity index (χ0v) is 12.0. The predicted octanol–water partition coefficient (Wildman–Crippen LogP) is 1.41. The first kappa shape index (κ1) is 15.5. The Morgan fingerprint density at radius 1 is 1.18 bits per heavy atom. The Kier molecular flexibility index (Phi) is 5.08. The van der Waals surface area contributed by atoms with Gasteiger partial charge < -0.3 is 15.0 Å². The highest BCUT2D eigenvalue weighted by Gasteiger charge is 2.14. The Morgan fingerprint density at radius 2 is 1.91 bits per heavy atom. The van der Waals surface area contributed by atoms with Gasteiger partial charge >= 0.3 is 5.97 Å². The molecule has 1 aromatic carbocycles. The minimum atomic E-state index is -0.829. The van der Waals surface area contributed by atoms with E-state index in [1.165, 1.54) is 18.3 Å². The molecule has 2 aromatic rings. The van der Waals surface area contributed by atoms with Crippen LogP contribution in [0.4, 0.5) is 0 Å². The van der Waals surface area contributed by atoms with Gasteiger partial charge in [0.15, 0.2) is 6.61 Å². The summed E-state index contributed by atoms with van der Waals surface area (Å²) in [7, 11) is 0. The van der Waals surface area contributed by atoms with Crippen molar-refractivity contribution in [3.05, 3.63) is 70.1 Å². The number of carbonyl (C=O) groups excluding carboxylic acids is 2. The Morgan fingerprint density at radius 3 is 2.59 bits per heavy atom. The van der Waals surface area contributed by atoms with Gasteiger partial charge in [-0.15, -0.1) is 0 Å². The molecule has 1 heterocycles. The van der Waals surface area contributed by atoms with E-state index in [-0.39, 0.29) is 11.6 Å². The number of pyridine rings is 1. The van der Waals surface area contributed by atoms with Crippen LogP contribution in [0.5, 0.6) is 0 Å². The molecule has 0 aliphatic rings. The molecule has 0 unspecified atom stereocenters. The summed E-state index contributed by atoms with van der Waals surface area (Å²) >= 11 is 0. The summed E-state index contributed by atoms with van der Waals surface area (Å²) in [6.45, 7) is 1.39. The lowest BCUT2D eigenvalue weighted by atomic mass is 10.1. The predicted molar refractivity (Wildman–Crippen MR) is 80.3 cm³/mol. The lowest BCUT2D eigenvalue weighted by Gasteiger charge is -2.14. The van der Waals surface area contributed by atoms with Gasteiger partial charge in [0.1, 0.15) is 5.56 Å². The van der Waals surface area contributed by atoms with E-state index in [2.05, 4.69) is 10.3 Å². The molecule has 0 bridgehead atoms. The number of rotatable bonds is 5. The zero-order valence-electron chi connectivity index (χ0n) is 12.0. The number of nitrogens with one attached hydrogen (secondary N) is 2. The quantitative estimate of drug-likeness (QED) is 0.817. The van der Waals surface area contributed by atoms with Gasteiger partial charge in [-0.3, -0.25) is 9.59 Å². The van der Waals surface area contributed by atoms with Crippen molar-refractivity contribution in [3.8, 4) is 0 Å². The number of carbonyl (C=O) groups is 2. The van der Waals surface area contributed by atoms with Crippen LogP contribution in [0.1, 0.15) is 28.9 Å². The molecular weight excluding hydrogens is 284 g/mol. The molecule has 0 aliphatic carbocycles. The van der Waals surface area contributed by atoms with Crippen LogP contribution in [0.3, 0.4) is 0 Å². The van der Waals surface area contributed by atoms with Crippen LogP contribution in [-0.2, 0) is 9.53 Å². The van der Waals surface area contributed by atoms with Crippen molar-refractivity contribution in [1.29, 1.82) is 0 Å². The molecule has 0 spiro atoms. The number of hydrogen-bond donors (Lipinski definition) is 2. The lowest BCUT2D eigenvalue weighted by Crippen LogP contribution is -2.31. The molecule has 0 saturated carbocycles. The number of aromatic nitrogens is 1. The summed E-state index contributed by atoms with van der Waals surface area (Å²) < 4.78 is 4.84. The van der Waals surface area contributed by atoms with Gasteiger partial charge in [-0.2, -0.15) is 0 Å². The molecule has 0 fully saturated rings. The van der Waals surface area contributed by atoms with Gasteiger partial charge in [0, 0.05) is 6.20 Å². The molecule has 2 N–H and O–H groups in total. The SMILES string of the molecule is C[C@H](NC(=O)COC(=O)c1ccc[nH]c1=O)c1ccccc1. The maximum Gasteiger partial charge on any atom is 0.344 e. The fourth-order valence-corrected chi connectivity index (χ4v) is 1.90. The van der Waals surface area contributed by atoms with Crippen molar-refractivity contribution in [3.63, 3.8) is 0 Å². The number of esters is 1. The van der Waals surface area contributed by atoms with Crippen LogP contribution in [-0.4, -0.2) is 23.5 Å². The van der Waals surface area contributed by atoms with Gasteiger partial charge in [0.2, 0.25) is 0 Å². The molecule has 1 amide bonds. The van der Waals surface area contributed by atoms with Gasteiger partial charge in [0.25, 0.3) is 11.5 Å². The summed E-state index contributed by atoms with van der Waals surface area (Å²) in [5.74, 6) is -1.26. The van der Waals surface area contributed by atoms with Crippen LogP contribution in [0.25, 0.3) is 0 Å². The number of hydrogen-bond acceptors (Lipinski definition) is 4. The normalized spacial score (nSPS) is 11.5. The van der Waals surface area contributed by atoms with Crippen LogP contribution >= 0.6 is 0 Å². The smallest absolute Gasteiger partial charge is 0.344 e. The molecule has 1 aromatic heterocycles. The number of ether oxygens (including phenoxy) is 1. The average Bonchev–Trinajstić information content (AvgIpc) is 2.54. The van der Waals surface area contributed by atoms with E-state index >= 15 is 0 Å². The molecule has 2 rings (SSSR count). The topological polar surface area (TPSA) is 88.3 Å². The summed E-state index contributed by atoms with van der Waals surface area (Å²) in [5.41, 5.74) is 0.263. The molecule has 22 heavy (non-hydrogen) atoms. The third kappa shape index (κ3) is 4.05. The van der Waals surface area contributed by atoms with Crippen molar-refractivity contribution in [2.24, 2.45) is 0 Å². The molecule has 0 radical (unpaired) electrons. The lowest BCUT2D eigenvalue weighted by molar-refractivity contribution is -0.124. The molecule has 1 atom stereocenters. The Labute approximate surface area is 127 Å². The van der Waals surface area contributed by atoms with Crippen LogP contribution in [0, 0.1) is 0 Å². The summed E-state index contributed by atoms with van der Waals surface area (Å²) in [4.78, 5) is 37.3. The Balaban J connectivity index is 1.87. The van der Waals surface area contributed by atoms with Gasteiger partial charge in [-0.25, -0.2) is 4.79 Å². The fraction of sp³-hybridized carbons (Fsp3) is 0.188. The Hall–Kier alpha value is -2.89. The highest BCUT2D eigenvalue weighted by molar-refractivity contribution is 5.90. The summed E-state index contributed by atoms with van der Waals surface area (Å²) in [6.07, 6.45) is 1.41. The number of H-pyrrole nitrogens is 1. The minimum absolute atomic E-state index is 0.133. The largest absolute Gasteiger partial charge is 0.452 e. The summed E-state index contributed by atoms with van der Waals surface area (Å²) in [5, 5.41) is 2.72. The molecule has 0 aliphatic heterocycles. The molecule has 6 heteroatoms. The van der Waals surface area contributed by atoms with Crippen molar-refractivity contribution < 1.29 is 14.3 Å². The number of amides is 1. The highest BCUT2D eigenvalue weighted by atomic mass is 16.5. The van der Waals surface area contributed by atoms with E-state index in [1.54, 1.807) is 0 Å². The highest BCUT2D eigenvalue weighted by Crippen LogP contribution is 2.10. The first-order chi connectivity index (χ1) is 10.6. The first-order valence-corrected chi connectivity index (χ1v) is 6.77. The van der Waals surface area contributed by atoms with Gasteiger partial charge in [0.05, 0.1) is 6.04 Å². The maximum absolute atomic E-state index is 11.8. The van der Waals surface area contributed by atoms with E-state index in [0.29, 0.717) is 0 Å². The third-order valence-electron chi connectivity index (χ3n) is 3.05. The number of benzene rings is 1. The van der Waals surface area contributed by atoms with Crippen molar-refractivity contribution >= 4 is 11.9 Å². The molecule has 114 valence electrons. The van der Waals surface area contributed by atoms with E-state index < -0.39 is 24.0 Å². The zero-order chi connectivity index (χ0) is 15.9. The van der Waals surface area contributed by atoms with Gasteiger partial charge in [-0.05, 0) is 24.6 Å². The van der Waals surface area contributed by atoms with Crippen molar-refractivity contribution in [2.75, 3.05) is 6.61 Å². The average molecular weight is 300 g/mol. The molecule has 0 saturated heterocycles. The van der Waals surface area contributed by atoms with Crippen LogP contribution in [0.15, 0.2) is 53.5 Å². The monoisotopic (exact) mass is 300 g/mol. The second kappa shape index (κ2) is 7.21. The van der Waals surface area contributed by atoms with Crippen LogP contribution in [0.2, 0.25) is 0 Å². The second-order valence-corrected chi connectivity index (χ2v) is 4.69. The first-order valence-electron chi connectivity index (χ1n) is 6.77.